The quantitative estimate of drug-likeness (QED) is 0.768. The largest absolute Gasteiger partial charge is 0.479 e. The molecule has 1 aromatic heterocycles. The third kappa shape index (κ3) is 4.58. The van der Waals surface area contributed by atoms with Gasteiger partial charge in [-0.15, -0.1) is 0 Å². The highest BCUT2D eigenvalue weighted by molar-refractivity contribution is 8.22. The van der Waals surface area contributed by atoms with Crippen LogP contribution < -0.4 is 0 Å². The van der Waals surface area contributed by atoms with Crippen molar-refractivity contribution in [1.82, 2.24) is 9.55 Å². The minimum absolute atomic E-state index is 0.221. The number of ether oxygens (including phenoxy) is 1. The fraction of sp³-hybridized carbons (Fsp3) is 0.375. The Kier molecular flexibility index (Phi) is 5.82. The Labute approximate surface area is 135 Å². The van der Waals surface area contributed by atoms with Crippen molar-refractivity contribution in [3.05, 3.63) is 53.6 Å². The zero-order chi connectivity index (χ0) is 15.2. The molecular weight excluding hydrogens is 300 g/mol. The lowest BCUT2D eigenvalue weighted by Crippen LogP contribution is -2.10. The number of benzene rings is 1. The normalized spacial score (nSPS) is 12.1. The molecular formula is C16H20N2OS2. The van der Waals surface area contributed by atoms with Crippen LogP contribution in [0.15, 0.2) is 36.9 Å². The summed E-state index contributed by atoms with van der Waals surface area (Å²) >= 11 is 6.91. The van der Waals surface area contributed by atoms with E-state index < -0.39 is 0 Å². The highest BCUT2D eigenvalue weighted by Crippen LogP contribution is 2.34. The molecule has 0 aliphatic carbocycles. The fourth-order valence-electron chi connectivity index (χ4n) is 2.24. The lowest BCUT2D eigenvalue weighted by atomic mass is 10.0. The minimum Gasteiger partial charge on any atom is -0.479 e. The van der Waals surface area contributed by atoms with Gasteiger partial charge in [0.25, 0.3) is 0 Å². The Balaban J connectivity index is 2.23. The Morgan fingerprint density at radius 3 is 2.86 bits per heavy atom. The van der Waals surface area contributed by atoms with E-state index in [2.05, 4.69) is 41.6 Å². The summed E-state index contributed by atoms with van der Waals surface area (Å²) in [5.41, 5.74) is 3.85. The molecule has 1 heterocycles. The molecule has 21 heavy (non-hydrogen) atoms. The summed E-state index contributed by atoms with van der Waals surface area (Å²) < 4.78 is 8.12. The molecule has 1 aromatic carbocycles. The van der Waals surface area contributed by atoms with Gasteiger partial charge in [0.2, 0.25) is 4.38 Å². The molecule has 3 nitrogen and oxygen atoms in total. The van der Waals surface area contributed by atoms with Gasteiger partial charge in [0.05, 0.1) is 18.2 Å². The average Bonchev–Trinajstić information content (AvgIpc) is 2.91. The zero-order valence-corrected chi connectivity index (χ0v) is 14.2. The van der Waals surface area contributed by atoms with E-state index in [1.165, 1.54) is 16.7 Å². The van der Waals surface area contributed by atoms with Gasteiger partial charge < -0.3 is 9.30 Å². The summed E-state index contributed by atoms with van der Waals surface area (Å²) in [6.07, 6.45) is 5.60. The number of nitrogens with zero attached hydrogens (tertiary/aromatic N) is 2. The molecule has 112 valence electrons. The third-order valence-electron chi connectivity index (χ3n) is 3.21. The first-order chi connectivity index (χ1) is 10.1. The van der Waals surface area contributed by atoms with E-state index >= 15 is 0 Å². The Hall–Kier alpha value is -1.33. The molecule has 0 amide bonds. The van der Waals surface area contributed by atoms with Crippen LogP contribution in [-0.4, -0.2) is 20.5 Å². The van der Waals surface area contributed by atoms with Crippen LogP contribution in [0.3, 0.4) is 0 Å². The molecule has 0 saturated heterocycles. The molecule has 0 saturated carbocycles. The van der Waals surface area contributed by atoms with Crippen LogP contribution in [0, 0.1) is 13.8 Å². The SMILES string of the molecule is CCOC(=S)SC(Cn1ccnc1)c1ccc(C)cc1C. The molecule has 0 spiro atoms. The van der Waals surface area contributed by atoms with E-state index in [9.17, 15) is 0 Å². The zero-order valence-electron chi connectivity index (χ0n) is 12.6. The van der Waals surface area contributed by atoms with Crippen molar-refractivity contribution in [2.75, 3.05) is 6.61 Å². The maximum absolute atomic E-state index is 5.45. The Morgan fingerprint density at radius 1 is 1.43 bits per heavy atom. The second-order valence-electron chi connectivity index (χ2n) is 4.91. The van der Waals surface area contributed by atoms with Crippen LogP contribution in [0.4, 0.5) is 0 Å². The second-order valence-corrected chi connectivity index (χ2v) is 6.71. The molecule has 0 bridgehead atoms. The van der Waals surface area contributed by atoms with Crippen molar-refractivity contribution in [2.45, 2.75) is 32.6 Å². The first kappa shape index (κ1) is 16.0. The van der Waals surface area contributed by atoms with Crippen LogP contribution in [0.5, 0.6) is 0 Å². The van der Waals surface area contributed by atoms with E-state index in [4.69, 9.17) is 17.0 Å². The van der Waals surface area contributed by atoms with E-state index in [1.54, 1.807) is 18.0 Å². The predicted molar refractivity (Wildman–Crippen MR) is 92.7 cm³/mol. The molecule has 0 radical (unpaired) electrons. The van der Waals surface area contributed by atoms with Crippen LogP contribution in [-0.2, 0) is 11.3 Å². The molecule has 2 aromatic rings. The monoisotopic (exact) mass is 320 g/mol. The number of thioether (sulfide) groups is 1. The molecule has 5 heteroatoms. The molecule has 1 atom stereocenters. The average molecular weight is 320 g/mol. The maximum Gasteiger partial charge on any atom is 0.220 e. The van der Waals surface area contributed by atoms with Crippen molar-refractivity contribution in [1.29, 1.82) is 0 Å². The van der Waals surface area contributed by atoms with Crippen molar-refractivity contribution >= 4 is 28.4 Å². The van der Waals surface area contributed by atoms with Gasteiger partial charge >= 0.3 is 0 Å². The lowest BCUT2D eigenvalue weighted by Gasteiger charge is -2.20. The van der Waals surface area contributed by atoms with Gasteiger partial charge in [0.1, 0.15) is 0 Å². The molecule has 1 unspecified atom stereocenters. The van der Waals surface area contributed by atoms with Gasteiger partial charge in [-0.2, -0.15) is 0 Å². The number of thiocarbonyl (C=S) groups is 1. The summed E-state index contributed by atoms with van der Waals surface area (Å²) in [7, 11) is 0. The van der Waals surface area contributed by atoms with Crippen LogP contribution in [0.1, 0.15) is 28.9 Å². The van der Waals surface area contributed by atoms with Crippen LogP contribution >= 0.6 is 24.0 Å². The third-order valence-corrected chi connectivity index (χ3v) is 4.61. The number of aromatic nitrogens is 2. The van der Waals surface area contributed by atoms with Gasteiger partial charge in [-0.25, -0.2) is 4.98 Å². The van der Waals surface area contributed by atoms with Gasteiger partial charge in [-0.05, 0) is 44.1 Å². The van der Waals surface area contributed by atoms with Gasteiger partial charge in [0.15, 0.2) is 0 Å². The lowest BCUT2D eigenvalue weighted by molar-refractivity contribution is 0.346. The van der Waals surface area contributed by atoms with E-state index in [1.807, 2.05) is 19.4 Å². The number of imidazole rings is 1. The van der Waals surface area contributed by atoms with Crippen molar-refractivity contribution in [3.8, 4) is 0 Å². The number of hydrogen-bond donors (Lipinski definition) is 0. The van der Waals surface area contributed by atoms with E-state index in [0.717, 1.165) is 6.54 Å². The van der Waals surface area contributed by atoms with E-state index in [-0.39, 0.29) is 5.25 Å². The van der Waals surface area contributed by atoms with E-state index in [0.29, 0.717) is 11.0 Å². The number of rotatable bonds is 5. The van der Waals surface area contributed by atoms with Crippen LogP contribution in [0.25, 0.3) is 0 Å². The highest BCUT2D eigenvalue weighted by Gasteiger charge is 2.18. The predicted octanol–water partition coefficient (Wildman–Crippen LogP) is 4.30. The van der Waals surface area contributed by atoms with Gasteiger partial charge in [-0.3, -0.25) is 0 Å². The standard InChI is InChI=1S/C16H20N2OS2/c1-4-19-16(20)21-15(10-18-8-7-17-11-18)14-6-5-12(2)9-13(14)3/h5-9,11,15H,4,10H2,1-3H3. The van der Waals surface area contributed by atoms with Gasteiger partial charge in [0, 0.05) is 18.9 Å². The first-order valence-corrected chi connectivity index (χ1v) is 8.25. The first-order valence-electron chi connectivity index (χ1n) is 6.96. The van der Waals surface area contributed by atoms with Crippen molar-refractivity contribution in [2.24, 2.45) is 0 Å². The maximum atomic E-state index is 5.45. The summed E-state index contributed by atoms with van der Waals surface area (Å²) in [5, 5.41) is 0.221. The topological polar surface area (TPSA) is 27.1 Å². The Morgan fingerprint density at radius 2 is 2.24 bits per heavy atom. The summed E-state index contributed by atoms with van der Waals surface area (Å²) in [6.45, 7) is 7.64. The Bertz CT molecular complexity index is 596. The summed E-state index contributed by atoms with van der Waals surface area (Å²) in [4.78, 5) is 4.11. The summed E-state index contributed by atoms with van der Waals surface area (Å²) in [5.74, 6) is 0. The van der Waals surface area contributed by atoms with Crippen molar-refractivity contribution in [3.63, 3.8) is 0 Å². The molecule has 0 fully saturated rings. The highest BCUT2D eigenvalue weighted by atomic mass is 32.2. The number of aryl methyl sites for hydroxylation is 2. The minimum atomic E-state index is 0.221. The second kappa shape index (κ2) is 7.61. The van der Waals surface area contributed by atoms with Gasteiger partial charge in [-0.1, -0.05) is 35.5 Å². The summed E-state index contributed by atoms with van der Waals surface area (Å²) in [6, 6.07) is 6.54. The molecule has 2 rings (SSSR count). The molecule has 0 aliphatic rings. The smallest absolute Gasteiger partial charge is 0.220 e. The number of hydrogen-bond acceptors (Lipinski definition) is 4. The van der Waals surface area contributed by atoms with Crippen molar-refractivity contribution < 1.29 is 4.74 Å². The van der Waals surface area contributed by atoms with Crippen LogP contribution in [0.2, 0.25) is 0 Å². The molecule has 0 N–H and O–H groups in total. The molecule has 0 aliphatic heterocycles. The fourth-order valence-corrected chi connectivity index (χ4v) is 3.76.